The lowest BCUT2D eigenvalue weighted by atomic mass is 9.95. The average molecular weight is 593 g/mol. The van der Waals surface area contributed by atoms with Crippen LogP contribution in [0.4, 0.5) is 0 Å². The summed E-state index contributed by atoms with van der Waals surface area (Å²) >= 11 is 1.19. The third-order valence-electron chi connectivity index (χ3n) is 6.44. The van der Waals surface area contributed by atoms with Gasteiger partial charge in [-0.2, -0.15) is 0 Å². The van der Waals surface area contributed by atoms with Crippen molar-refractivity contribution in [3.05, 3.63) is 96.7 Å². The van der Waals surface area contributed by atoms with Gasteiger partial charge >= 0.3 is 11.9 Å². The Morgan fingerprint density at radius 2 is 1.90 bits per heavy atom. The van der Waals surface area contributed by atoms with Crippen LogP contribution in [0, 0.1) is 0 Å². The van der Waals surface area contributed by atoms with Crippen molar-refractivity contribution in [2.45, 2.75) is 33.2 Å². The highest BCUT2D eigenvalue weighted by atomic mass is 32.1. The summed E-state index contributed by atoms with van der Waals surface area (Å²) in [5.74, 6) is -0.360. The number of fused-ring (bicyclic) bond motifs is 1. The molecule has 4 rings (SSSR count). The van der Waals surface area contributed by atoms with E-state index in [0.29, 0.717) is 50.7 Å². The molecule has 0 saturated carbocycles. The number of carbonyl (C=O) groups is 2. The number of esters is 2. The number of methoxy groups -OCH3 is 1. The summed E-state index contributed by atoms with van der Waals surface area (Å²) in [6.45, 7) is 9.08. The number of aromatic nitrogens is 1. The van der Waals surface area contributed by atoms with E-state index in [1.807, 2.05) is 0 Å². The van der Waals surface area contributed by atoms with E-state index in [2.05, 4.69) is 16.3 Å². The van der Waals surface area contributed by atoms with Crippen molar-refractivity contribution in [3.8, 4) is 17.2 Å². The van der Waals surface area contributed by atoms with Gasteiger partial charge in [0.05, 0.1) is 42.2 Å². The van der Waals surface area contributed by atoms with Gasteiger partial charge in [-0.3, -0.25) is 9.36 Å². The molecule has 0 unspecified atom stereocenters. The fourth-order valence-corrected chi connectivity index (χ4v) is 5.60. The molecule has 0 bridgehead atoms. The highest BCUT2D eigenvalue weighted by molar-refractivity contribution is 7.07. The molecule has 1 aliphatic heterocycles. The summed E-state index contributed by atoms with van der Waals surface area (Å²) in [4.78, 5) is 43.8. The van der Waals surface area contributed by atoms with Crippen LogP contribution < -0.4 is 24.4 Å². The first-order chi connectivity index (χ1) is 20.2. The van der Waals surface area contributed by atoms with E-state index >= 15 is 0 Å². The Hall–Kier alpha value is -4.64. The Morgan fingerprint density at radius 1 is 1.12 bits per heavy atom. The van der Waals surface area contributed by atoms with Crippen LogP contribution in [0.2, 0.25) is 0 Å². The molecule has 1 aromatic heterocycles. The van der Waals surface area contributed by atoms with Gasteiger partial charge in [-0.15, -0.1) is 6.58 Å². The number of benzene rings is 2. The van der Waals surface area contributed by atoms with Gasteiger partial charge in [-0.1, -0.05) is 29.5 Å². The average Bonchev–Trinajstić information content (AvgIpc) is 3.27. The normalized spacial score (nSPS) is 14.6. The fourth-order valence-electron chi connectivity index (χ4n) is 4.55. The van der Waals surface area contributed by atoms with E-state index < -0.39 is 18.0 Å². The van der Waals surface area contributed by atoms with Crippen molar-refractivity contribution in [1.29, 1.82) is 0 Å². The van der Waals surface area contributed by atoms with Crippen molar-refractivity contribution in [3.63, 3.8) is 0 Å². The number of phenolic OH excluding ortho intramolecular Hbond substituents is 1. The number of hydrogen-bond acceptors (Lipinski definition) is 10. The second-order valence-electron chi connectivity index (χ2n) is 9.19. The molecule has 1 atom stereocenters. The Labute approximate surface area is 246 Å². The Balaban J connectivity index is 1.89. The Morgan fingerprint density at radius 3 is 2.60 bits per heavy atom. The second-order valence-corrected chi connectivity index (χ2v) is 10.2. The maximum Gasteiger partial charge on any atom is 0.343 e. The van der Waals surface area contributed by atoms with Gasteiger partial charge < -0.3 is 24.1 Å². The van der Waals surface area contributed by atoms with Crippen LogP contribution in [0.15, 0.2) is 70.1 Å². The molecule has 11 heteroatoms. The number of hydrogen-bond donors (Lipinski definition) is 1. The topological polar surface area (TPSA) is 126 Å². The predicted octanol–water partition coefficient (Wildman–Crippen LogP) is 3.18. The fraction of sp³-hybridized carbons (Fsp3) is 0.290. The van der Waals surface area contributed by atoms with Crippen molar-refractivity contribution >= 4 is 29.4 Å². The standard InChI is InChI=1S/C31H32N2O8S/c1-6-9-20-14-19(10-12-22(20)34)15-25-29(36)33-28(27(30(37)40-8-3)18(4)32-31(33)42-25)21-11-13-23(24(16-21)39-7-2)41-17-26(35)38-5/h6,10-16,28,34H,1,7-9,17H2,2-5H3/b25-15-/t28-/m1/s1. The number of nitrogens with zero attached hydrogens (tertiary/aromatic N) is 2. The van der Waals surface area contributed by atoms with Gasteiger partial charge in [0.15, 0.2) is 22.9 Å². The summed E-state index contributed by atoms with van der Waals surface area (Å²) in [7, 11) is 1.27. The first-order valence-corrected chi connectivity index (χ1v) is 14.1. The summed E-state index contributed by atoms with van der Waals surface area (Å²) in [6.07, 6.45) is 3.89. The van der Waals surface area contributed by atoms with Crippen molar-refractivity contribution in [2.75, 3.05) is 26.9 Å². The van der Waals surface area contributed by atoms with Crippen LogP contribution in [-0.4, -0.2) is 48.5 Å². The number of rotatable bonds is 11. The molecule has 220 valence electrons. The molecular formula is C31H32N2O8S. The van der Waals surface area contributed by atoms with Crippen LogP contribution in [0.3, 0.4) is 0 Å². The van der Waals surface area contributed by atoms with Crippen molar-refractivity contribution in [2.24, 2.45) is 4.99 Å². The Kier molecular flexibility index (Phi) is 9.64. The number of thiazole rings is 1. The van der Waals surface area contributed by atoms with Crippen LogP contribution in [0.25, 0.3) is 6.08 Å². The lowest BCUT2D eigenvalue weighted by molar-refractivity contribution is -0.143. The minimum Gasteiger partial charge on any atom is -0.508 e. The number of allylic oxidation sites excluding steroid dienone is 2. The highest BCUT2D eigenvalue weighted by Gasteiger charge is 2.34. The lowest BCUT2D eigenvalue weighted by Gasteiger charge is -2.25. The molecule has 0 radical (unpaired) electrons. The maximum atomic E-state index is 13.9. The molecule has 2 aromatic carbocycles. The van der Waals surface area contributed by atoms with Crippen LogP contribution in [-0.2, 0) is 25.5 Å². The molecular weight excluding hydrogens is 560 g/mol. The largest absolute Gasteiger partial charge is 0.508 e. The van der Waals surface area contributed by atoms with Gasteiger partial charge in [0.1, 0.15) is 5.75 Å². The van der Waals surface area contributed by atoms with E-state index in [4.69, 9.17) is 14.2 Å². The van der Waals surface area contributed by atoms with E-state index in [1.54, 1.807) is 69.3 Å². The van der Waals surface area contributed by atoms with Crippen LogP contribution in [0.5, 0.6) is 17.2 Å². The van der Waals surface area contributed by atoms with Gasteiger partial charge in [0.2, 0.25) is 0 Å². The zero-order chi connectivity index (χ0) is 30.4. The smallest absolute Gasteiger partial charge is 0.343 e. The van der Waals surface area contributed by atoms with Crippen LogP contribution in [0.1, 0.15) is 43.5 Å². The molecule has 3 aromatic rings. The summed E-state index contributed by atoms with van der Waals surface area (Å²) in [5.41, 5.74) is 2.26. The molecule has 0 fully saturated rings. The Bertz CT molecular complexity index is 1730. The molecule has 0 saturated heterocycles. The van der Waals surface area contributed by atoms with Crippen LogP contribution >= 0.6 is 11.3 Å². The minimum absolute atomic E-state index is 0.144. The minimum atomic E-state index is -0.868. The number of carbonyl (C=O) groups excluding carboxylic acids is 2. The van der Waals surface area contributed by atoms with Crippen molar-refractivity contribution < 1.29 is 33.6 Å². The van der Waals surface area contributed by atoms with Gasteiger partial charge in [-0.05, 0) is 74.2 Å². The van der Waals surface area contributed by atoms with Gasteiger partial charge in [-0.25, -0.2) is 14.6 Å². The summed E-state index contributed by atoms with van der Waals surface area (Å²) in [5, 5.41) is 10.2. The quantitative estimate of drug-likeness (QED) is 0.266. The molecule has 10 nitrogen and oxygen atoms in total. The van der Waals surface area contributed by atoms with Gasteiger partial charge in [0.25, 0.3) is 5.56 Å². The van der Waals surface area contributed by atoms with E-state index in [1.165, 1.54) is 23.0 Å². The van der Waals surface area contributed by atoms with E-state index in [-0.39, 0.29) is 30.1 Å². The molecule has 0 spiro atoms. The SMILES string of the molecule is C=CCc1cc(/C=c2\sc3n(c2=O)[C@H](c2ccc(OCC(=O)OC)c(OCC)c2)C(C(=O)OCC)=C(C)N=3)ccc1O. The van der Waals surface area contributed by atoms with E-state index in [0.717, 1.165) is 5.56 Å². The third kappa shape index (κ3) is 6.31. The predicted molar refractivity (Wildman–Crippen MR) is 158 cm³/mol. The third-order valence-corrected chi connectivity index (χ3v) is 7.42. The van der Waals surface area contributed by atoms with Gasteiger partial charge in [0, 0.05) is 0 Å². The summed E-state index contributed by atoms with van der Waals surface area (Å²) in [6, 6.07) is 9.22. The first-order valence-electron chi connectivity index (χ1n) is 13.3. The zero-order valence-electron chi connectivity index (χ0n) is 23.8. The monoisotopic (exact) mass is 592 g/mol. The molecule has 0 aliphatic carbocycles. The maximum absolute atomic E-state index is 13.9. The summed E-state index contributed by atoms with van der Waals surface area (Å²) < 4.78 is 23.3. The van der Waals surface area contributed by atoms with E-state index in [9.17, 15) is 19.5 Å². The number of phenols is 1. The highest BCUT2D eigenvalue weighted by Crippen LogP contribution is 2.36. The second kappa shape index (κ2) is 13.3. The molecule has 42 heavy (non-hydrogen) atoms. The number of ether oxygens (including phenoxy) is 4. The van der Waals surface area contributed by atoms with Crippen molar-refractivity contribution in [1.82, 2.24) is 4.57 Å². The molecule has 0 amide bonds. The lowest BCUT2D eigenvalue weighted by Crippen LogP contribution is -2.40. The zero-order valence-corrected chi connectivity index (χ0v) is 24.7. The molecule has 1 aliphatic rings. The molecule has 2 heterocycles. The first kappa shape index (κ1) is 30.3. The number of aromatic hydroxyl groups is 1. The molecule has 1 N–H and O–H groups in total.